The van der Waals surface area contributed by atoms with E-state index in [-0.39, 0.29) is 6.04 Å². The first-order valence-electron chi connectivity index (χ1n) is 7.80. The molecule has 0 bridgehead atoms. The molecule has 0 aromatic carbocycles. The van der Waals surface area contributed by atoms with Gasteiger partial charge in [0, 0.05) is 25.2 Å². The van der Waals surface area contributed by atoms with Crippen LogP contribution in [-0.4, -0.2) is 42.8 Å². The smallest absolute Gasteiger partial charge is 0.305 e. The van der Waals surface area contributed by atoms with Crippen LogP contribution < -0.4 is 5.32 Å². The van der Waals surface area contributed by atoms with Gasteiger partial charge in [-0.05, 0) is 43.9 Å². The Balaban J connectivity index is 1.93. The Hall–Kier alpha value is -0.290. The summed E-state index contributed by atoms with van der Waals surface area (Å²) in [5, 5.41) is 2.72. The van der Waals surface area contributed by atoms with E-state index in [0.717, 1.165) is 25.4 Å². The van der Waals surface area contributed by atoms with Crippen molar-refractivity contribution < 1.29 is 13.2 Å². The van der Waals surface area contributed by atoms with Gasteiger partial charge in [-0.2, -0.15) is 13.2 Å². The Bertz CT molecular complexity index is 313. The number of piperidine rings is 1. The van der Waals surface area contributed by atoms with Gasteiger partial charge in [0.1, 0.15) is 0 Å². The second-order valence-electron chi connectivity index (χ2n) is 6.96. The third kappa shape index (κ3) is 4.62. The zero-order valence-electron chi connectivity index (χ0n) is 12.7. The highest BCUT2D eigenvalue weighted by atomic mass is 19.4. The van der Waals surface area contributed by atoms with Gasteiger partial charge in [-0.3, -0.25) is 4.90 Å². The Morgan fingerprint density at radius 2 is 1.75 bits per heavy atom. The number of hydrogen-bond acceptors (Lipinski definition) is 2. The first-order chi connectivity index (χ1) is 9.26. The van der Waals surface area contributed by atoms with Crippen LogP contribution in [0.2, 0.25) is 0 Å². The standard InChI is InChI=1S/C15H27F3N2/c1-10(2)13-6-14(19-9-15(16,17)18)8-20(7-13)11(3)12-4-5-12/h10-14,19H,4-9H2,1-3H3. The van der Waals surface area contributed by atoms with Crippen LogP contribution in [0.1, 0.15) is 40.0 Å². The molecule has 118 valence electrons. The maximum atomic E-state index is 12.4. The van der Waals surface area contributed by atoms with Gasteiger partial charge in [0.15, 0.2) is 0 Å². The van der Waals surface area contributed by atoms with Crippen molar-refractivity contribution in [3.8, 4) is 0 Å². The van der Waals surface area contributed by atoms with Crippen LogP contribution in [0.5, 0.6) is 0 Å². The molecule has 1 aliphatic heterocycles. The van der Waals surface area contributed by atoms with E-state index in [0.29, 0.717) is 17.9 Å². The van der Waals surface area contributed by atoms with Crippen LogP contribution in [0.3, 0.4) is 0 Å². The predicted octanol–water partition coefficient (Wildman–Crippen LogP) is 3.28. The van der Waals surface area contributed by atoms with Crippen LogP contribution in [0, 0.1) is 17.8 Å². The second-order valence-corrected chi connectivity index (χ2v) is 6.96. The number of nitrogens with one attached hydrogen (secondary N) is 1. The number of likely N-dealkylation sites (tertiary alicyclic amines) is 1. The van der Waals surface area contributed by atoms with E-state index in [2.05, 4.69) is 31.0 Å². The minimum Gasteiger partial charge on any atom is -0.305 e. The van der Waals surface area contributed by atoms with Gasteiger partial charge in [-0.1, -0.05) is 13.8 Å². The fourth-order valence-corrected chi connectivity index (χ4v) is 3.27. The lowest BCUT2D eigenvalue weighted by Crippen LogP contribution is -2.54. The Kier molecular flexibility index (Phi) is 5.00. The summed E-state index contributed by atoms with van der Waals surface area (Å²) < 4.78 is 37.2. The van der Waals surface area contributed by atoms with E-state index in [4.69, 9.17) is 0 Å². The van der Waals surface area contributed by atoms with E-state index in [1.165, 1.54) is 12.8 Å². The predicted molar refractivity (Wildman–Crippen MR) is 74.5 cm³/mol. The van der Waals surface area contributed by atoms with Gasteiger partial charge in [0.2, 0.25) is 0 Å². The van der Waals surface area contributed by atoms with Crippen molar-refractivity contribution in [2.24, 2.45) is 17.8 Å². The summed E-state index contributed by atoms with van der Waals surface area (Å²) in [4.78, 5) is 2.42. The fourth-order valence-electron chi connectivity index (χ4n) is 3.27. The normalized spacial score (nSPS) is 30.8. The first-order valence-corrected chi connectivity index (χ1v) is 7.80. The van der Waals surface area contributed by atoms with E-state index in [9.17, 15) is 13.2 Å². The molecule has 2 rings (SSSR count). The molecule has 1 saturated carbocycles. The van der Waals surface area contributed by atoms with Gasteiger partial charge in [-0.25, -0.2) is 0 Å². The van der Waals surface area contributed by atoms with E-state index >= 15 is 0 Å². The minimum absolute atomic E-state index is 0.0287. The fraction of sp³-hybridized carbons (Fsp3) is 1.00. The third-order valence-corrected chi connectivity index (χ3v) is 4.93. The largest absolute Gasteiger partial charge is 0.401 e. The quantitative estimate of drug-likeness (QED) is 0.836. The van der Waals surface area contributed by atoms with Gasteiger partial charge in [0.05, 0.1) is 6.54 Å². The summed E-state index contributed by atoms with van der Waals surface area (Å²) in [7, 11) is 0. The number of nitrogens with zero attached hydrogens (tertiary/aromatic N) is 1. The van der Waals surface area contributed by atoms with E-state index in [1.807, 2.05) is 0 Å². The lowest BCUT2D eigenvalue weighted by atomic mass is 9.84. The molecule has 3 unspecified atom stereocenters. The second kappa shape index (κ2) is 6.22. The molecule has 0 spiro atoms. The number of halogens is 3. The molecule has 2 nitrogen and oxygen atoms in total. The molecule has 20 heavy (non-hydrogen) atoms. The van der Waals surface area contributed by atoms with E-state index < -0.39 is 12.7 Å². The Morgan fingerprint density at radius 3 is 2.25 bits per heavy atom. The van der Waals surface area contributed by atoms with Crippen molar-refractivity contribution in [2.75, 3.05) is 19.6 Å². The summed E-state index contributed by atoms with van der Waals surface area (Å²) in [6.07, 6.45) is -0.686. The molecule has 3 atom stereocenters. The molecule has 0 radical (unpaired) electrons. The maximum absolute atomic E-state index is 12.4. The lowest BCUT2D eigenvalue weighted by molar-refractivity contribution is -0.127. The zero-order chi connectivity index (χ0) is 14.9. The molecular weight excluding hydrogens is 265 g/mol. The van der Waals surface area contributed by atoms with Crippen molar-refractivity contribution in [3.63, 3.8) is 0 Å². The third-order valence-electron chi connectivity index (χ3n) is 4.93. The highest BCUT2D eigenvalue weighted by molar-refractivity contribution is 4.92. The summed E-state index contributed by atoms with van der Waals surface area (Å²) in [6, 6.07) is 0.491. The van der Waals surface area contributed by atoms with Gasteiger partial charge in [0.25, 0.3) is 0 Å². The average molecular weight is 292 g/mol. The highest BCUT2D eigenvalue weighted by Crippen LogP contribution is 2.37. The van der Waals surface area contributed by atoms with Crippen LogP contribution in [-0.2, 0) is 0 Å². The number of hydrogen-bond donors (Lipinski definition) is 1. The molecule has 1 heterocycles. The van der Waals surface area contributed by atoms with Crippen LogP contribution in [0.25, 0.3) is 0 Å². The van der Waals surface area contributed by atoms with Gasteiger partial charge in [-0.15, -0.1) is 0 Å². The Labute approximate surface area is 120 Å². The molecule has 0 aromatic heterocycles. The molecule has 2 fully saturated rings. The van der Waals surface area contributed by atoms with Gasteiger partial charge >= 0.3 is 6.18 Å². The maximum Gasteiger partial charge on any atom is 0.401 e. The monoisotopic (exact) mass is 292 g/mol. The summed E-state index contributed by atoms with van der Waals surface area (Å²) in [5.41, 5.74) is 0. The zero-order valence-corrected chi connectivity index (χ0v) is 12.7. The van der Waals surface area contributed by atoms with Crippen LogP contribution in [0.4, 0.5) is 13.2 Å². The molecule has 0 aromatic rings. The minimum atomic E-state index is -4.11. The lowest BCUT2D eigenvalue weighted by Gasteiger charge is -2.43. The molecule has 1 N–H and O–H groups in total. The van der Waals surface area contributed by atoms with Gasteiger partial charge < -0.3 is 5.32 Å². The molecule has 2 aliphatic rings. The SMILES string of the molecule is CC(C)C1CC(NCC(F)(F)F)CN(C(C)C2CC2)C1. The molecular formula is C15H27F3N2. The molecule has 0 amide bonds. The summed E-state index contributed by atoms with van der Waals surface area (Å²) >= 11 is 0. The number of rotatable bonds is 5. The van der Waals surface area contributed by atoms with Crippen LogP contribution in [0.15, 0.2) is 0 Å². The van der Waals surface area contributed by atoms with Crippen molar-refractivity contribution in [1.82, 2.24) is 10.2 Å². The van der Waals surface area contributed by atoms with E-state index in [1.54, 1.807) is 0 Å². The Morgan fingerprint density at radius 1 is 1.10 bits per heavy atom. The summed E-state index contributed by atoms with van der Waals surface area (Å²) in [6.45, 7) is 7.53. The summed E-state index contributed by atoms with van der Waals surface area (Å²) in [5.74, 6) is 1.79. The van der Waals surface area contributed by atoms with Crippen molar-refractivity contribution >= 4 is 0 Å². The average Bonchev–Trinajstić information content (AvgIpc) is 3.18. The topological polar surface area (TPSA) is 15.3 Å². The van der Waals surface area contributed by atoms with Crippen LogP contribution >= 0.6 is 0 Å². The molecule has 1 aliphatic carbocycles. The van der Waals surface area contributed by atoms with Crippen molar-refractivity contribution in [2.45, 2.75) is 58.3 Å². The van der Waals surface area contributed by atoms with Crippen molar-refractivity contribution in [3.05, 3.63) is 0 Å². The first kappa shape index (κ1) is 16.1. The number of alkyl halides is 3. The molecule has 5 heteroatoms. The van der Waals surface area contributed by atoms with Crippen molar-refractivity contribution in [1.29, 1.82) is 0 Å². The molecule has 1 saturated heterocycles. The highest BCUT2D eigenvalue weighted by Gasteiger charge is 2.38.